The van der Waals surface area contributed by atoms with E-state index in [1.54, 1.807) is 18.4 Å². The Morgan fingerprint density at radius 1 is 1.12 bits per heavy atom. The smallest absolute Gasteiger partial charge is 0.232 e. The zero-order valence-electron chi connectivity index (χ0n) is 18.3. The topological polar surface area (TPSA) is 50.8 Å². The highest BCUT2D eigenvalue weighted by atomic mass is 32.1. The Hall–Kier alpha value is -2.67. The highest BCUT2D eigenvalue weighted by molar-refractivity contribution is 7.08. The molecule has 0 saturated carbocycles. The Balaban J connectivity index is 1.35. The normalized spacial score (nSPS) is 18.4. The number of benzene rings is 2. The fourth-order valence-corrected chi connectivity index (χ4v) is 5.26. The van der Waals surface area contributed by atoms with Crippen molar-refractivity contribution < 1.29 is 14.3 Å². The second kappa shape index (κ2) is 9.45. The quantitative estimate of drug-likeness (QED) is 0.575. The summed E-state index contributed by atoms with van der Waals surface area (Å²) in [4.78, 5) is 15.3. The minimum absolute atomic E-state index is 0.0817. The number of rotatable bonds is 7. The number of anilines is 1. The van der Waals surface area contributed by atoms with Crippen molar-refractivity contribution in [3.05, 3.63) is 69.9 Å². The molecule has 0 aliphatic carbocycles. The van der Waals surface area contributed by atoms with E-state index in [0.717, 1.165) is 73.0 Å². The van der Waals surface area contributed by atoms with E-state index in [1.807, 2.05) is 6.07 Å². The minimum atomic E-state index is -0.169. The molecule has 2 aliphatic rings. The molecule has 2 aromatic carbocycles. The van der Waals surface area contributed by atoms with Gasteiger partial charge in [0.05, 0.1) is 26.2 Å². The van der Waals surface area contributed by atoms with E-state index in [9.17, 15) is 4.79 Å². The van der Waals surface area contributed by atoms with Crippen molar-refractivity contribution in [2.75, 3.05) is 45.3 Å². The van der Waals surface area contributed by atoms with Crippen LogP contribution in [0.4, 0.5) is 5.69 Å². The van der Waals surface area contributed by atoms with Gasteiger partial charge in [-0.2, -0.15) is 11.3 Å². The molecular weight excluding hydrogens is 420 g/mol. The molecular formula is C26H28N2O3S. The van der Waals surface area contributed by atoms with E-state index < -0.39 is 0 Å². The van der Waals surface area contributed by atoms with E-state index in [1.165, 1.54) is 5.56 Å². The zero-order chi connectivity index (χ0) is 21.9. The highest BCUT2D eigenvalue weighted by Crippen LogP contribution is 2.38. The van der Waals surface area contributed by atoms with Gasteiger partial charge in [-0.3, -0.25) is 9.69 Å². The van der Waals surface area contributed by atoms with Crippen molar-refractivity contribution in [3.8, 4) is 16.9 Å². The van der Waals surface area contributed by atoms with Crippen LogP contribution in [0.1, 0.15) is 22.6 Å². The van der Waals surface area contributed by atoms with Gasteiger partial charge in [-0.1, -0.05) is 18.2 Å². The van der Waals surface area contributed by atoms with Crippen LogP contribution in [0.15, 0.2) is 53.2 Å². The zero-order valence-corrected chi connectivity index (χ0v) is 19.1. The van der Waals surface area contributed by atoms with Crippen LogP contribution in [0, 0.1) is 0 Å². The monoisotopic (exact) mass is 448 g/mol. The minimum Gasteiger partial charge on any atom is -0.496 e. The van der Waals surface area contributed by atoms with E-state index in [0.29, 0.717) is 6.42 Å². The molecule has 3 aromatic rings. The van der Waals surface area contributed by atoms with Gasteiger partial charge in [0.25, 0.3) is 0 Å². The number of hydrogen-bond donors (Lipinski definition) is 1. The molecule has 3 heterocycles. The first kappa shape index (κ1) is 21.2. The second-order valence-electron chi connectivity index (χ2n) is 8.42. The lowest BCUT2D eigenvalue weighted by Crippen LogP contribution is -2.37. The van der Waals surface area contributed by atoms with E-state index in [2.05, 4.69) is 57.4 Å². The van der Waals surface area contributed by atoms with Crippen LogP contribution in [0.3, 0.4) is 0 Å². The van der Waals surface area contributed by atoms with Crippen LogP contribution in [-0.2, 0) is 22.4 Å². The Kier molecular flexibility index (Phi) is 6.26. The first-order valence-electron chi connectivity index (χ1n) is 11.1. The summed E-state index contributed by atoms with van der Waals surface area (Å²) in [7, 11) is 1.70. The summed E-state index contributed by atoms with van der Waals surface area (Å²) in [6.07, 6.45) is 1.66. The Labute approximate surface area is 193 Å². The number of nitrogens with one attached hydrogen (secondary N) is 1. The number of fused-ring (bicyclic) bond motifs is 1. The molecule has 1 atom stereocenters. The van der Waals surface area contributed by atoms with Crippen molar-refractivity contribution in [2.45, 2.75) is 18.8 Å². The molecule has 1 aromatic heterocycles. The van der Waals surface area contributed by atoms with Crippen molar-refractivity contribution >= 4 is 22.9 Å². The van der Waals surface area contributed by atoms with Crippen LogP contribution in [-0.4, -0.2) is 50.8 Å². The lowest BCUT2D eigenvalue weighted by atomic mass is 9.90. The molecule has 1 fully saturated rings. The number of thiophene rings is 1. The highest BCUT2D eigenvalue weighted by Gasteiger charge is 2.31. The van der Waals surface area contributed by atoms with E-state index in [-0.39, 0.29) is 11.8 Å². The lowest BCUT2D eigenvalue weighted by molar-refractivity contribution is -0.117. The molecule has 32 heavy (non-hydrogen) atoms. The van der Waals surface area contributed by atoms with Gasteiger partial charge in [0.15, 0.2) is 0 Å². The number of amides is 1. The Morgan fingerprint density at radius 2 is 1.97 bits per heavy atom. The average molecular weight is 449 g/mol. The van der Waals surface area contributed by atoms with Gasteiger partial charge in [-0.15, -0.1) is 0 Å². The molecule has 5 rings (SSSR count). The Morgan fingerprint density at radius 3 is 2.75 bits per heavy atom. The number of carbonyl (C=O) groups is 1. The molecule has 1 unspecified atom stereocenters. The van der Waals surface area contributed by atoms with Crippen molar-refractivity contribution in [1.29, 1.82) is 0 Å². The molecule has 5 nitrogen and oxygen atoms in total. The summed E-state index contributed by atoms with van der Waals surface area (Å²) in [5.41, 5.74) is 6.70. The third kappa shape index (κ3) is 4.44. The van der Waals surface area contributed by atoms with Gasteiger partial charge in [0.2, 0.25) is 5.91 Å². The maximum atomic E-state index is 12.8. The first-order valence-corrected chi connectivity index (χ1v) is 12.1. The fourth-order valence-electron chi connectivity index (χ4n) is 4.61. The van der Waals surface area contributed by atoms with E-state index >= 15 is 0 Å². The third-order valence-corrected chi connectivity index (χ3v) is 7.11. The van der Waals surface area contributed by atoms with Gasteiger partial charge in [-0.05, 0) is 70.1 Å². The number of hydrogen-bond acceptors (Lipinski definition) is 5. The van der Waals surface area contributed by atoms with Crippen LogP contribution < -0.4 is 10.1 Å². The maximum absolute atomic E-state index is 12.8. The molecule has 0 radical (unpaired) electrons. The van der Waals surface area contributed by atoms with Crippen LogP contribution in [0.25, 0.3) is 11.1 Å². The predicted octanol–water partition coefficient (Wildman–Crippen LogP) is 4.58. The SMILES string of the molecule is COc1ccc(CC2C(=O)Nc3ccc(CCN4CCOCC4)cc32)cc1-c1ccsc1. The molecule has 1 amide bonds. The van der Waals surface area contributed by atoms with Crippen LogP contribution in [0.2, 0.25) is 0 Å². The number of nitrogens with zero attached hydrogens (tertiary/aromatic N) is 1. The first-order chi connectivity index (χ1) is 15.7. The van der Waals surface area contributed by atoms with Crippen molar-refractivity contribution in [3.63, 3.8) is 0 Å². The largest absolute Gasteiger partial charge is 0.496 e. The molecule has 166 valence electrons. The average Bonchev–Trinajstić information content (AvgIpc) is 3.47. The summed E-state index contributed by atoms with van der Waals surface area (Å²) in [6, 6.07) is 14.8. The number of methoxy groups -OCH3 is 1. The summed E-state index contributed by atoms with van der Waals surface area (Å²) < 4.78 is 11.0. The summed E-state index contributed by atoms with van der Waals surface area (Å²) >= 11 is 1.67. The molecule has 2 aliphatic heterocycles. The van der Waals surface area contributed by atoms with Gasteiger partial charge in [0.1, 0.15) is 5.75 Å². The second-order valence-corrected chi connectivity index (χ2v) is 9.20. The van der Waals surface area contributed by atoms with Gasteiger partial charge >= 0.3 is 0 Å². The molecule has 6 heteroatoms. The lowest BCUT2D eigenvalue weighted by Gasteiger charge is -2.26. The van der Waals surface area contributed by atoms with Gasteiger partial charge in [-0.25, -0.2) is 0 Å². The molecule has 0 bridgehead atoms. The van der Waals surface area contributed by atoms with Crippen molar-refractivity contribution in [1.82, 2.24) is 4.90 Å². The van der Waals surface area contributed by atoms with Gasteiger partial charge < -0.3 is 14.8 Å². The van der Waals surface area contributed by atoms with Crippen molar-refractivity contribution in [2.24, 2.45) is 0 Å². The van der Waals surface area contributed by atoms with Crippen LogP contribution >= 0.6 is 11.3 Å². The van der Waals surface area contributed by atoms with E-state index in [4.69, 9.17) is 9.47 Å². The third-order valence-electron chi connectivity index (χ3n) is 6.42. The summed E-state index contributed by atoms with van der Waals surface area (Å²) in [5, 5.41) is 7.27. The summed E-state index contributed by atoms with van der Waals surface area (Å²) in [5.74, 6) is 0.768. The standard InChI is InChI=1S/C26H28N2O3S/c1-30-25-5-3-19(15-21(25)20-7-13-32-17-20)16-23-22-14-18(2-4-24(22)27-26(23)29)6-8-28-9-11-31-12-10-28/h2-5,7,13-15,17,23H,6,8-12,16H2,1H3,(H,27,29). The molecule has 1 saturated heterocycles. The number of ether oxygens (including phenoxy) is 2. The summed E-state index contributed by atoms with van der Waals surface area (Å²) in [6.45, 7) is 4.66. The molecule has 0 spiro atoms. The Bertz CT molecular complexity index is 1090. The van der Waals surface area contributed by atoms with Gasteiger partial charge in [0, 0.05) is 30.9 Å². The predicted molar refractivity (Wildman–Crippen MR) is 129 cm³/mol. The molecule has 1 N–H and O–H groups in total. The number of carbonyl (C=O) groups excluding carboxylic acids is 1. The fraction of sp³-hybridized carbons (Fsp3) is 0.346. The van der Waals surface area contributed by atoms with Crippen LogP contribution in [0.5, 0.6) is 5.75 Å². The maximum Gasteiger partial charge on any atom is 0.232 e. The number of morpholine rings is 1.